The smallest absolute Gasteiger partial charge is 0.337 e. The van der Waals surface area contributed by atoms with Crippen molar-refractivity contribution in [1.82, 2.24) is 4.90 Å². The molecular formula is C14H19BrN2O2. The van der Waals surface area contributed by atoms with E-state index in [1.54, 1.807) is 12.1 Å². The Morgan fingerprint density at radius 3 is 2.84 bits per heavy atom. The Kier molecular flexibility index (Phi) is 4.47. The summed E-state index contributed by atoms with van der Waals surface area (Å²) >= 11 is 3.43. The molecule has 0 aromatic heterocycles. The Morgan fingerprint density at radius 1 is 1.42 bits per heavy atom. The lowest BCUT2D eigenvalue weighted by Crippen LogP contribution is -2.38. The molecule has 0 radical (unpaired) electrons. The van der Waals surface area contributed by atoms with Crippen LogP contribution in [0.3, 0.4) is 0 Å². The van der Waals surface area contributed by atoms with Gasteiger partial charge in [-0.2, -0.15) is 0 Å². The van der Waals surface area contributed by atoms with Crippen molar-refractivity contribution in [2.45, 2.75) is 19.4 Å². The van der Waals surface area contributed by atoms with Crippen molar-refractivity contribution in [1.29, 1.82) is 0 Å². The quantitative estimate of drug-likeness (QED) is 0.907. The summed E-state index contributed by atoms with van der Waals surface area (Å²) in [4.78, 5) is 15.9. The molecule has 1 unspecified atom stereocenters. The van der Waals surface area contributed by atoms with E-state index in [0.29, 0.717) is 11.6 Å². The molecule has 1 N–H and O–H groups in total. The number of hydrogen-bond acceptors (Lipinski definition) is 3. The summed E-state index contributed by atoms with van der Waals surface area (Å²) in [5, 5.41) is 9.34. The predicted molar refractivity (Wildman–Crippen MR) is 80.0 cm³/mol. The lowest BCUT2D eigenvalue weighted by atomic mass is 10.1. The molecule has 104 valence electrons. The van der Waals surface area contributed by atoms with E-state index < -0.39 is 5.97 Å². The minimum Gasteiger partial charge on any atom is -0.478 e. The van der Waals surface area contributed by atoms with Gasteiger partial charge in [0.25, 0.3) is 0 Å². The molecule has 1 aliphatic heterocycles. The van der Waals surface area contributed by atoms with E-state index in [1.165, 1.54) is 0 Å². The van der Waals surface area contributed by atoms with Gasteiger partial charge in [-0.3, -0.25) is 0 Å². The van der Waals surface area contributed by atoms with Crippen LogP contribution in [0.25, 0.3) is 0 Å². The van der Waals surface area contributed by atoms with Crippen LogP contribution >= 0.6 is 15.9 Å². The first-order valence-corrected chi connectivity index (χ1v) is 7.26. The van der Waals surface area contributed by atoms with E-state index in [0.717, 1.165) is 36.2 Å². The number of rotatable bonds is 2. The molecule has 1 heterocycles. The number of carboxylic acids is 1. The molecule has 1 atom stereocenters. The Labute approximate surface area is 122 Å². The second-order valence-corrected chi connectivity index (χ2v) is 6.04. The highest BCUT2D eigenvalue weighted by atomic mass is 79.9. The van der Waals surface area contributed by atoms with Crippen LogP contribution in [-0.4, -0.2) is 48.7 Å². The molecule has 0 aliphatic carbocycles. The van der Waals surface area contributed by atoms with E-state index in [2.05, 4.69) is 39.7 Å². The highest BCUT2D eigenvalue weighted by Crippen LogP contribution is 2.28. The largest absolute Gasteiger partial charge is 0.478 e. The molecule has 0 bridgehead atoms. The summed E-state index contributed by atoms with van der Waals surface area (Å²) in [5.74, 6) is -0.868. The molecule has 1 saturated heterocycles. The summed E-state index contributed by atoms with van der Waals surface area (Å²) in [5.41, 5.74) is 1.18. The Bertz CT molecular complexity index is 479. The fraction of sp³-hybridized carbons (Fsp3) is 0.500. The monoisotopic (exact) mass is 326 g/mol. The average Bonchev–Trinajstić information content (AvgIpc) is 2.49. The maximum absolute atomic E-state index is 11.4. The standard InChI is InChI=1S/C14H19BrN2O2/c1-10-9-16(2)6-3-7-17(10)13-8-11(15)4-5-12(13)14(18)19/h4-5,8,10H,3,6-7,9H2,1-2H3,(H,18,19). The number of hydrogen-bond donors (Lipinski definition) is 1. The molecule has 19 heavy (non-hydrogen) atoms. The van der Waals surface area contributed by atoms with Crippen LogP contribution in [0.4, 0.5) is 5.69 Å². The molecule has 1 fully saturated rings. The molecule has 1 aromatic rings. The van der Waals surface area contributed by atoms with Crippen LogP contribution in [0, 0.1) is 0 Å². The number of benzene rings is 1. The molecule has 5 heteroatoms. The summed E-state index contributed by atoms with van der Waals surface area (Å²) in [6.07, 6.45) is 1.05. The molecule has 0 saturated carbocycles. The van der Waals surface area contributed by atoms with Crippen LogP contribution in [0.2, 0.25) is 0 Å². The molecule has 1 aliphatic rings. The first-order valence-electron chi connectivity index (χ1n) is 6.47. The van der Waals surface area contributed by atoms with Gasteiger partial charge in [0.15, 0.2) is 0 Å². The van der Waals surface area contributed by atoms with Gasteiger partial charge >= 0.3 is 5.97 Å². The van der Waals surface area contributed by atoms with Crippen LogP contribution in [0.1, 0.15) is 23.7 Å². The molecule has 0 spiro atoms. The van der Waals surface area contributed by atoms with E-state index >= 15 is 0 Å². The minimum atomic E-state index is -0.868. The van der Waals surface area contributed by atoms with E-state index in [4.69, 9.17) is 0 Å². The molecular weight excluding hydrogens is 308 g/mol. The highest BCUT2D eigenvalue weighted by Gasteiger charge is 2.23. The van der Waals surface area contributed by atoms with Crippen molar-refractivity contribution in [2.75, 3.05) is 31.6 Å². The highest BCUT2D eigenvalue weighted by molar-refractivity contribution is 9.10. The van der Waals surface area contributed by atoms with Crippen molar-refractivity contribution >= 4 is 27.6 Å². The van der Waals surface area contributed by atoms with Gasteiger partial charge in [0, 0.05) is 23.6 Å². The second-order valence-electron chi connectivity index (χ2n) is 5.12. The van der Waals surface area contributed by atoms with Crippen LogP contribution < -0.4 is 4.90 Å². The fourth-order valence-electron chi connectivity index (χ4n) is 2.65. The fourth-order valence-corrected chi connectivity index (χ4v) is 3.00. The molecule has 2 rings (SSSR count). The SMILES string of the molecule is CC1CN(C)CCCN1c1cc(Br)ccc1C(=O)O. The van der Waals surface area contributed by atoms with Crippen LogP contribution in [0.15, 0.2) is 22.7 Å². The molecule has 1 aromatic carbocycles. The lowest BCUT2D eigenvalue weighted by molar-refractivity contribution is 0.0697. The van der Waals surface area contributed by atoms with Crippen molar-refractivity contribution < 1.29 is 9.90 Å². The number of aromatic carboxylic acids is 1. The Balaban J connectivity index is 2.38. The van der Waals surface area contributed by atoms with E-state index in [1.807, 2.05) is 6.07 Å². The maximum Gasteiger partial charge on any atom is 0.337 e. The second kappa shape index (κ2) is 5.92. The number of carboxylic acid groups (broad SMARTS) is 1. The van der Waals surface area contributed by atoms with Crippen molar-refractivity contribution in [3.8, 4) is 0 Å². The number of likely N-dealkylation sites (N-methyl/N-ethyl adjacent to an activating group) is 1. The van der Waals surface area contributed by atoms with Gasteiger partial charge in [0.05, 0.1) is 11.3 Å². The number of anilines is 1. The zero-order valence-electron chi connectivity index (χ0n) is 11.3. The van der Waals surface area contributed by atoms with E-state index in [-0.39, 0.29) is 0 Å². The third kappa shape index (κ3) is 3.28. The number of halogens is 1. The number of carbonyl (C=O) groups is 1. The average molecular weight is 327 g/mol. The van der Waals surface area contributed by atoms with Gasteiger partial charge in [-0.15, -0.1) is 0 Å². The normalized spacial score (nSPS) is 21.2. The Morgan fingerprint density at radius 2 is 2.16 bits per heavy atom. The zero-order valence-corrected chi connectivity index (χ0v) is 12.9. The van der Waals surface area contributed by atoms with Gasteiger partial charge in [0.1, 0.15) is 0 Å². The number of nitrogens with zero attached hydrogens (tertiary/aromatic N) is 2. The van der Waals surface area contributed by atoms with Gasteiger partial charge < -0.3 is 14.9 Å². The lowest BCUT2D eigenvalue weighted by Gasteiger charge is -2.31. The van der Waals surface area contributed by atoms with Crippen LogP contribution in [0.5, 0.6) is 0 Å². The first kappa shape index (κ1) is 14.3. The zero-order chi connectivity index (χ0) is 14.0. The van der Waals surface area contributed by atoms with Gasteiger partial charge in [0.2, 0.25) is 0 Å². The minimum absolute atomic E-state index is 0.305. The summed E-state index contributed by atoms with van der Waals surface area (Å²) in [6.45, 7) is 5.04. The maximum atomic E-state index is 11.4. The first-order chi connectivity index (χ1) is 8.99. The third-order valence-electron chi connectivity index (χ3n) is 3.55. The summed E-state index contributed by atoms with van der Waals surface area (Å²) < 4.78 is 0.914. The van der Waals surface area contributed by atoms with Gasteiger partial charge in [-0.1, -0.05) is 15.9 Å². The van der Waals surface area contributed by atoms with Gasteiger partial charge in [-0.05, 0) is 45.1 Å². The van der Waals surface area contributed by atoms with Crippen molar-refractivity contribution in [3.63, 3.8) is 0 Å². The van der Waals surface area contributed by atoms with Crippen molar-refractivity contribution in [3.05, 3.63) is 28.2 Å². The molecule has 0 amide bonds. The topological polar surface area (TPSA) is 43.8 Å². The van der Waals surface area contributed by atoms with Crippen molar-refractivity contribution in [2.24, 2.45) is 0 Å². The van der Waals surface area contributed by atoms with Crippen LogP contribution in [-0.2, 0) is 0 Å². The third-order valence-corrected chi connectivity index (χ3v) is 4.04. The Hall–Kier alpha value is -1.07. The summed E-state index contributed by atoms with van der Waals surface area (Å²) in [6, 6.07) is 5.66. The van der Waals surface area contributed by atoms with E-state index in [9.17, 15) is 9.90 Å². The molecule has 4 nitrogen and oxygen atoms in total. The summed E-state index contributed by atoms with van der Waals surface area (Å²) in [7, 11) is 2.11. The predicted octanol–water partition coefficient (Wildman–Crippen LogP) is 2.68. The van der Waals surface area contributed by atoms with Gasteiger partial charge in [-0.25, -0.2) is 4.79 Å².